The van der Waals surface area contributed by atoms with Crippen LogP contribution in [0.25, 0.3) is 11.2 Å². The number of rotatable bonds is 11. The van der Waals surface area contributed by atoms with E-state index in [-0.39, 0.29) is 22.5 Å². The molecule has 1 aromatic carbocycles. The van der Waals surface area contributed by atoms with E-state index in [1.54, 1.807) is 18.2 Å². The molecule has 2 aromatic heterocycles. The van der Waals surface area contributed by atoms with Crippen molar-refractivity contribution >= 4 is 38.6 Å². The van der Waals surface area contributed by atoms with Crippen LogP contribution in [0.15, 0.2) is 43.0 Å². The molecule has 3 unspecified atom stereocenters. The van der Waals surface area contributed by atoms with Crippen molar-refractivity contribution in [2.45, 2.75) is 49.1 Å². The number of aromatic nitrogens is 4. The van der Waals surface area contributed by atoms with Crippen molar-refractivity contribution in [1.29, 1.82) is 0 Å². The van der Waals surface area contributed by atoms with Gasteiger partial charge in [0.05, 0.1) is 25.1 Å². The molecule has 5 rings (SSSR count). The Hall–Kier alpha value is -2.94. The SMILES string of the molecule is Nc1ncnc2c1ncn2[C@@H]1O[C@H](COP(=O)([O-])OP(=O)([O-])OC[C@H]2OC(O)[C@H](OC(=O)c3ccccc3)[C@@H]2O)[C@@H](O)[C@H]1O. The lowest BCUT2D eigenvalue weighted by Gasteiger charge is -2.32. The van der Waals surface area contributed by atoms with Crippen molar-refractivity contribution in [3.05, 3.63) is 48.5 Å². The van der Waals surface area contributed by atoms with Gasteiger partial charge >= 0.3 is 5.97 Å². The first kappa shape index (κ1) is 32.5. The predicted octanol–water partition coefficient (Wildman–Crippen LogP) is -2.68. The summed E-state index contributed by atoms with van der Waals surface area (Å²) in [7, 11) is -11.4. The number of aliphatic hydroxyl groups excluding tert-OH is 4. The molecule has 2 fully saturated rings. The van der Waals surface area contributed by atoms with Gasteiger partial charge in [0.1, 0.15) is 42.4 Å². The molecule has 6 N–H and O–H groups in total. The molecule has 4 heterocycles. The second kappa shape index (κ2) is 12.8. The minimum absolute atomic E-state index is 0.0341. The zero-order valence-electron chi connectivity index (χ0n) is 22.1. The van der Waals surface area contributed by atoms with Crippen LogP contribution >= 0.6 is 15.6 Å². The Kier molecular flexibility index (Phi) is 9.45. The van der Waals surface area contributed by atoms with Crippen molar-refractivity contribution < 1.29 is 71.7 Å². The Bertz CT molecular complexity index is 1580. The van der Waals surface area contributed by atoms with E-state index in [1.807, 2.05) is 0 Å². The minimum Gasteiger partial charge on any atom is -0.756 e. The molecule has 2 aliphatic heterocycles. The van der Waals surface area contributed by atoms with Gasteiger partial charge in [-0.2, -0.15) is 0 Å². The summed E-state index contributed by atoms with van der Waals surface area (Å²) in [6.45, 7) is -2.05. The molecule has 0 saturated carbocycles. The summed E-state index contributed by atoms with van der Waals surface area (Å²) >= 11 is 0. The lowest BCUT2D eigenvalue weighted by molar-refractivity contribution is -0.247. The highest BCUT2D eigenvalue weighted by Crippen LogP contribution is 2.56. The lowest BCUT2D eigenvalue weighted by Crippen LogP contribution is -2.38. The van der Waals surface area contributed by atoms with E-state index < -0.39 is 84.0 Å². The van der Waals surface area contributed by atoms with Gasteiger partial charge in [-0.3, -0.25) is 13.7 Å². The van der Waals surface area contributed by atoms with Crippen LogP contribution in [-0.4, -0.2) is 102 Å². The smallest absolute Gasteiger partial charge is 0.338 e. The number of imidazole rings is 1. The molecule has 2 aliphatic rings. The van der Waals surface area contributed by atoms with Crippen LogP contribution < -0.4 is 15.5 Å². The number of benzene rings is 1. The predicted molar refractivity (Wildman–Crippen MR) is 136 cm³/mol. The van der Waals surface area contributed by atoms with E-state index in [1.165, 1.54) is 23.0 Å². The largest absolute Gasteiger partial charge is 0.756 e. The van der Waals surface area contributed by atoms with Gasteiger partial charge in [-0.25, -0.2) is 24.1 Å². The molecule has 0 aliphatic carbocycles. The highest BCUT2D eigenvalue weighted by atomic mass is 31.3. The van der Waals surface area contributed by atoms with Gasteiger partial charge in [-0.15, -0.1) is 0 Å². The summed E-state index contributed by atoms with van der Waals surface area (Å²) in [5.74, 6) is -0.875. The van der Waals surface area contributed by atoms with Gasteiger partial charge in [-0.05, 0) is 12.1 Å². The maximum absolute atomic E-state index is 12.2. The highest BCUT2D eigenvalue weighted by molar-refractivity contribution is 7.59. The molecule has 3 aromatic rings. The normalized spacial score (nSPS) is 31.5. The van der Waals surface area contributed by atoms with E-state index in [4.69, 9.17) is 19.9 Å². The van der Waals surface area contributed by atoms with E-state index in [2.05, 4.69) is 28.3 Å². The molecule has 2 saturated heterocycles. The number of phosphoric acid groups is 2. The number of hydrogen-bond donors (Lipinski definition) is 5. The molecule has 0 bridgehead atoms. The summed E-state index contributed by atoms with van der Waals surface area (Å²) in [4.78, 5) is 48.5. The van der Waals surface area contributed by atoms with E-state index >= 15 is 0 Å². The topological polar surface area (TPSA) is 303 Å². The Morgan fingerprint density at radius 2 is 1.57 bits per heavy atom. The number of aliphatic hydroxyl groups is 4. The minimum atomic E-state index is -5.70. The first-order valence-corrected chi connectivity index (χ1v) is 15.5. The molecule has 240 valence electrons. The van der Waals surface area contributed by atoms with Crippen molar-refractivity contribution in [2.75, 3.05) is 18.9 Å². The fourth-order valence-electron chi connectivity index (χ4n) is 4.40. The fourth-order valence-corrected chi connectivity index (χ4v) is 6.42. The number of ether oxygens (including phenoxy) is 3. The molecular formula is C22H25N5O15P2-2. The molecule has 0 amide bonds. The molecule has 22 heteroatoms. The number of carbonyl (C=O) groups is 1. The van der Waals surface area contributed by atoms with Crippen LogP contribution in [0.3, 0.4) is 0 Å². The average Bonchev–Trinajstić information content (AvgIpc) is 3.61. The van der Waals surface area contributed by atoms with Gasteiger partial charge in [0.15, 0.2) is 30.1 Å². The summed E-state index contributed by atoms with van der Waals surface area (Å²) in [5, 5.41) is 41.2. The number of nitrogens with two attached hydrogens (primary N) is 1. The lowest BCUT2D eigenvalue weighted by atomic mass is 10.1. The third kappa shape index (κ3) is 6.98. The van der Waals surface area contributed by atoms with Crippen molar-refractivity contribution in [2.24, 2.45) is 0 Å². The number of carbonyl (C=O) groups excluding carboxylic acids is 1. The number of nitrogens with zero attached hydrogens (tertiary/aromatic N) is 4. The summed E-state index contributed by atoms with van der Waals surface area (Å²) in [5.41, 5.74) is 6.15. The summed E-state index contributed by atoms with van der Waals surface area (Å²) in [6.07, 6.45) is -10.7. The van der Waals surface area contributed by atoms with Gasteiger partial charge in [0.25, 0.3) is 15.6 Å². The number of esters is 1. The molecule has 20 nitrogen and oxygen atoms in total. The van der Waals surface area contributed by atoms with Crippen LogP contribution in [0.4, 0.5) is 5.82 Å². The quantitative estimate of drug-likeness (QED) is 0.103. The van der Waals surface area contributed by atoms with Crippen molar-refractivity contribution in [3.8, 4) is 0 Å². The van der Waals surface area contributed by atoms with Gasteiger partial charge < -0.3 is 59.2 Å². The number of nitrogen functional groups attached to an aromatic ring is 1. The van der Waals surface area contributed by atoms with E-state index in [9.17, 15) is 44.1 Å². The van der Waals surface area contributed by atoms with Crippen LogP contribution in [-0.2, 0) is 36.7 Å². The average molecular weight is 661 g/mol. The highest BCUT2D eigenvalue weighted by Gasteiger charge is 2.47. The maximum Gasteiger partial charge on any atom is 0.338 e. The van der Waals surface area contributed by atoms with Crippen LogP contribution in [0.2, 0.25) is 0 Å². The molecule has 44 heavy (non-hydrogen) atoms. The molecule has 10 atom stereocenters. The Balaban J connectivity index is 1.13. The molecule has 0 radical (unpaired) electrons. The number of anilines is 1. The van der Waals surface area contributed by atoms with Crippen LogP contribution in [0, 0.1) is 0 Å². The second-order valence-corrected chi connectivity index (χ2v) is 12.4. The van der Waals surface area contributed by atoms with Crippen LogP contribution in [0.1, 0.15) is 16.6 Å². The molecular weight excluding hydrogens is 636 g/mol. The van der Waals surface area contributed by atoms with Gasteiger partial charge in [0.2, 0.25) is 0 Å². The van der Waals surface area contributed by atoms with Crippen LogP contribution in [0.5, 0.6) is 0 Å². The fraction of sp³-hybridized carbons (Fsp3) is 0.455. The third-order valence-corrected chi connectivity index (χ3v) is 9.09. The third-order valence-electron chi connectivity index (χ3n) is 6.56. The van der Waals surface area contributed by atoms with Crippen molar-refractivity contribution in [1.82, 2.24) is 19.5 Å². The van der Waals surface area contributed by atoms with E-state index in [0.29, 0.717) is 0 Å². The number of fused-ring (bicyclic) bond motifs is 1. The molecule has 0 spiro atoms. The zero-order chi connectivity index (χ0) is 31.8. The Morgan fingerprint density at radius 3 is 2.23 bits per heavy atom. The number of phosphoric ester groups is 2. The zero-order valence-corrected chi connectivity index (χ0v) is 23.9. The number of hydrogen-bond acceptors (Lipinski definition) is 19. The van der Waals surface area contributed by atoms with Gasteiger partial charge in [-0.1, -0.05) is 18.2 Å². The first-order valence-electron chi connectivity index (χ1n) is 12.6. The summed E-state index contributed by atoms with van der Waals surface area (Å²) < 4.78 is 54.2. The second-order valence-electron chi connectivity index (χ2n) is 9.49. The summed E-state index contributed by atoms with van der Waals surface area (Å²) in [6, 6.07) is 7.58. The Morgan fingerprint density at radius 1 is 0.932 bits per heavy atom. The Labute approximate surface area is 246 Å². The standard InChI is InChI=1S/C22H27N5O15P2/c23-18-13-19(25-8-24-18)27(9-26-13)20-16(30)14(28)11(39-20)6-37-43(33,34)42-44(35,36)38-7-12-15(29)17(22(32)40-12)41-21(31)10-4-2-1-3-5-10/h1-5,8-9,11-12,14-17,20,22,28-30,32H,6-7H2,(H,33,34)(H,35,36)(H2,23,24,25)/p-2/t11-,12-,14-,15-,16-,17-,20-,22?/m1/s1. The van der Waals surface area contributed by atoms with E-state index in [0.717, 1.165) is 6.33 Å². The van der Waals surface area contributed by atoms with Crippen molar-refractivity contribution in [3.63, 3.8) is 0 Å². The first-order chi connectivity index (χ1) is 20.8. The monoisotopic (exact) mass is 661 g/mol. The maximum atomic E-state index is 12.2. The van der Waals surface area contributed by atoms with Gasteiger partial charge in [0, 0.05) is 0 Å².